The number of para-hydroxylation sites is 2. The van der Waals surface area contributed by atoms with Crippen LogP contribution in [0.4, 0.5) is 0 Å². The number of piperidine rings is 1. The zero-order valence-corrected chi connectivity index (χ0v) is 16.3. The van der Waals surface area contributed by atoms with Crippen LogP contribution >= 0.6 is 0 Å². The molecule has 2 N–H and O–H groups in total. The van der Waals surface area contributed by atoms with Gasteiger partial charge in [0, 0.05) is 19.0 Å². The molecule has 1 saturated heterocycles. The number of carbonyl (C=O) groups is 3. The molecule has 1 fully saturated rings. The monoisotopic (exact) mass is 410 g/mol. The summed E-state index contributed by atoms with van der Waals surface area (Å²) in [6.45, 7) is 0.816. The fraction of sp³-hybridized carbons (Fsp3) is 0.333. The van der Waals surface area contributed by atoms with Crippen LogP contribution < -0.4 is 10.6 Å². The van der Waals surface area contributed by atoms with Crippen LogP contribution in [0, 0.1) is 0 Å². The number of aromatic nitrogens is 1. The average Bonchev–Trinajstić information content (AvgIpc) is 3.46. The van der Waals surface area contributed by atoms with Gasteiger partial charge in [0.1, 0.15) is 5.52 Å². The number of hydrogen-bond acceptors (Lipinski definition) is 6. The van der Waals surface area contributed by atoms with Gasteiger partial charge < -0.3 is 24.4 Å². The molecule has 0 unspecified atom stereocenters. The fourth-order valence-corrected chi connectivity index (χ4v) is 3.44. The Labute approximate surface area is 172 Å². The van der Waals surface area contributed by atoms with Crippen molar-refractivity contribution >= 4 is 28.8 Å². The molecule has 0 spiro atoms. The number of nitrogens with one attached hydrogen (secondary N) is 2. The van der Waals surface area contributed by atoms with E-state index >= 15 is 0 Å². The minimum absolute atomic E-state index is 0.108. The Balaban J connectivity index is 1.19. The first-order valence-corrected chi connectivity index (χ1v) is 9.82. The van der Waals surface area contributed by atoms with Crippen molar-refractivity contribution in [2.24, 2.45) is 0 Å². The number of nitrogens with zero attached hydrogens (tertiary/aromatic N) is 2. The normalized spacial score (nSPS) is 14.6. The molecule has 2 aromatic heterocycles. The Bertz CT molecular complexity index is 1000. The fourth-order valence-electron chi connectivity index (χ4n) is 3.44. The summed E-state index contributed by atoms with van der Waals surface area (Å²) >= 11 is 0. The first-order valence-electron chi connectivity index (χ1n) is 9.82. The summed E-state index contributed by atoms with van der Waals surface area (Å²) in [5, 5.41) is 4.97. The summed E-state index contributed by atoms with van der Waals surface area (Å²) in [7, 11) is 0. The van der Waals surface area contributed by atoms with Gasteiger partial charge in [-0.2, -0.15) is 0 Å². The third kappa shape index (κ3) is 4.51. The Hall–Kier alpha value is -3.62. The van der Waals surface area contributed by atoms with Gasteiger partial charge in [0.2, 0.25) is 11.8 Å². The predicted molar refractivity (Wildman–Crippen MR) is 107 cm³/mol. The highest BCUT2D eigenvalue weighted by molar-refractivity contribution is 5.94. The minimum Gasteiger partial charge on any atom is -0.459 e. The van der Waals surface area contributed by atoms with E-state index in [0.717, 1.165) is 23.9 Å². The second-order valence-electron chi connectivity index (χ2n) is 7.11. The summed E-state index contributed by atoms with van der Waals surface area (Å²) in [6.07, 6.45) is 2.89. The van der Waals surface area contributed by atoms with Gasteiger partial charge in [-0.05, 0) is 37.1 Å². The van der Waals surface area contributed by atoms with E-state index in [4.69, 9.17) is 8.83 Å². The predicted octanol–water partition coefficient (Wildman–Crippen LogP) is 1.67. The van der Waals surface area contributed by atoms with Crippen LogP contribution in [0.5, 0.6) is 0 Å². The maximum atomic E-state index is 12.4. The molecule has 0 saturated carbocycles. The lowest BCUT2D eigenvalue weighted by molar-refractivity contribution is -0.133. The molecule has 9 heteroatoms. The topological polar surface area (TPSA) is 118 Å². The second kappa shape index (κ2) is 8.81. The van der Waals surface area contributed by atoms with Crippen molar-refractivity contribution in [3.8, 4) is 0 Å². The molecule has 30 heavy (non-hydrogen) atoms. The van der Waals surface area contributed by atoms with Crippen LogP contribution in [0.25, 0.3) is 11.1 Å². The summed E-state index contributed by atoms with van der Waals surface area (Å²) < 4.78 is 10.8. The largest absolute Gasteiger partial charge is 0.459 e. The molecule has 0 aliphatic carbocycles. The zero-order valence-electron chi connectivity index (χ0n) is 16.3. The van der Waals surface area contributed by atoms with E-state index < -0.39 is 11.8 Å². The average molecular weight is 410 g/mol. The molecule has 156 valence electrons. The number of fused-ring (bicyclic) bond motifs is 1. The van der Waals surface area contributed by atoms with Crippen LogP contribution in [-0.2, 0) is 9.59 Å². The van der Waals surface area contributed by atoms with Crippen LogP contribution in [0.1, 0.15) is 35.2 Å². The van der Waals surface area contributed by atoms with Crippen LogP contribution in [0.2, 0.25) is 0 Å². The summed E-state index contributed by atoms with van der Waals surface area (Å²) in [6, 6.07) is 10.7. The highest BCUT2D eigenvalue weighted by atomic mass is 16.3. The Morgan fingerprint density at radius 1 is 1.03 bits per heavy atom. The minimum atomic E-state index is -0.484. The van der Waals surface area contributed by atoms with Gasteiger partial charge in [0.25, 0.3) is 5.91 Å². The van der Waals surface area contributed by atoms with Crippen molar-refractivity contribution in [1.82, 2.24) is 20.5 Å². The lowest BCUT2D eigenvalue weighted by atomic mass is 9.97. The van der Waals surface area contributed by atoms with Gasteiger partial charge in [0.05, 0.1) is 19.4 Å². The van der Waals surface area contributed by atoms with Crippen molar-refractivity contribution in [2.75, 3.05) is 26.2 Å². The Morgan fingerprint density at radius 2 is 1.83 bits per heavy atom. The molecule has 1 aromatic carbocycles. The van der Waals surface area contributed by atoms with E-state index in [9.17, 15) is 14.4 Å². The zero-order chi connectivity index (χ0) is 20.9. The molecule has 1 aliphatic heterocycles. The number of amides is 3. The van der Waals surface area contributed by atoms with E-state index in [1.807, 2.05) is 24.3 Å². The van der Waals surface area contributed by atoms with Gasteiger partial charge in [-0.25, -0.2) is 4.98 Å². The van der Waals surface area contributed by atoms with E-state index in [2.05, 4.69) is 15.6 Å². The molecule has 0 bridgehead atoms. The van der Waals surface area contributed by atoms with Crippen LogP contribution in [0.15, 0.2) is 51.5 Å². The molecule has 0 atom stereocenters. The molecule has 3 amide bonds. The molecule has 9 nitrogen and oxygen atoms in total. The Morgan fingerprint density at radius 3 is 2.57 bits per heavy atom. The van der Waals surface area contributed by atoms with E-state index in [-0.39, 0.29) is 30.7 Å². The van der Waals surface area contributed by atoms with Crippen molar-refractivity contribution < 1.29 is 23.2 Å². The molecular formula is C21H22N4O5. The maximum absolute atomic E-state index is 12.4. The lowest BCUT2D eigenvalue weighted by Crippen LogP contribution is -2.45. The van der Waals surface area contributed by atoms with Crippen LogP contribution in [-0.4, -0.2) is 53.8 Å². The van der Waals surface area contributed by atoms with Crippen molar-refractivity contribution in [3.63, 3.8) is 0 Å². The first kappa shape index (κ1) is 19.7. The lowest BCUT2D eigenvalue weighted by Gasteiger charge is -2.30. The number of furan rings is 1. The SMILES string of the molecule is O=C(CNC(=O)c1ccco1)NCC(=O)N1CCC(c2nc3ccccc3o2)CC1. The van der Waals surface area contributed by atoms with Gasteiger partial charge in [0.15, 0.2) is 17.2 Å². The summed E-state index contributed by atoms with van der Waals surface area (Å²) in [5.74, 6) is -0.0680. The molecule has 3 aromatic rings. The number of benzene rings is 1. The van der Waals surface area contributed by atoms with Gasteiger partial charge in [-0.3, -0.25) is 14.4 Å². The number of oxazole rings is 1. The third-order valence-electron chi connectivity index (χ3n) is 5.10. The van der Waals surface area contributed by atoms with E-state index in [1.54, 1.807) is 11.0 Å². The highest BCUT2D eigenvalue weighted by Crippen LogP contribution is 2.29. The van der Waals surface area contributed by atoms with E-state index in [0.29, 0.717) is 19.0 Å². The Kier molecular flexibility index (Phi) is 5.78. The summed E-state index contributed by atoms with van der Waals surface area (Å²) in [4.78, 5) is 42.3. The van der Waals surface area contributed by atoms with E-state index in [1.165, 1.54) is 12.3 Å². The second-order valence-corrected chi connectivity index (χ2v) is 7.11. The van der Waals surface area contributed by atoms with Crippen LogP contribution in [0.3, 0.4) is 0 Å². The van der Waals surface area contributed by atoms with Gasteiger partial charge >= 0.3 is 0 Å². The van der Waals surface area contributed by atoms with Gasteiger partial charge in [-0.15, -0.1) is 0 Å². The van der Waals surface area contributed by atoms with Crippen molar-refractivity contribution in [2.45, 2.75) is 18.8 Å². The quantitative estimate of drug-likeness (QED) is 0.638. The maximum Gasteiger partial charge on any atom is 0.287 e. The molecular weight excluding hydrogens is 388 g/mol. The highest BCUT2D eigenvalue weighted by Gasteiger charge is 2.27. The first-order chi connectivity index (χ1) is 14.6. The third-order valence-corrected chi connectivity index (χ3v) is 5.10. The molecule has 0 radical (unpaired) electrons. The molecule has 1 aliphatic rings. The summed E-state index contributed by atoms with van der Waals surface area (Å²) in [5.41, 5.74) is 1.61. The number of likely N-dealkylation sites (tertiary alicyclic amines) is 1. The standard InChI is InChI=1S/C21H22N4O5/c26-18(12-23-20(28)17-6-3-11-29-17)22-13-19(27)25-9-7-14(8-10-25)21-24-15-4-1-2-5-16(15)30-21/h1-6,11,14H,7-10,12-13H2,(H,22,26)(H,23,28). The number of hydrogen-bond donors (Lipinski definition) is 2. The number of rotatable bonds is 6. The van der Waals surface area contributed by atoms with Gasteiger partial charge in [-0.1, -0.05) is 12.1 Å². The molecule has 3 heterocycles. The number of carbonyl (C=O) groups excluding carboxylic acids is 3. The molecule has 4 rings (SSSR count). The van der Waals surface area contributed by atoms with Crippen molar-refractivity contribution in [1.29, 1.82) is 0 Å². The van der Waals surface area contributed by atoms with Crippen molar-refractivity contribution in [3.05, 3.63) is 54.3 Å². The smallest absolute Gasteiger partial charge is 0.287 e.